The van der Waals surface area contributed by atoms with Crippen LogP contribution >= 0.6 is 0 Å². The lowest BCUT2D eigenvalue weighted by molar-refractivity contribution is -0.142. The van der Waals surface area contributed by atoms with E-state index in [-0.39, 0.29) is 13.2 Å². The van der Waals surface area contributed by atoms with E-state index in [1.807, 2.05) is 16.7 Å². The van der Waals surface area contributed by atoms with Crippen molar-refractivity contribution in [2.24, 2.45) is 0 Å². The molecular weight excluding hydrogens is 234 g/mol. The van der Waals surface area contributed by atoms with Crippen molar-refractivity contribution in [3.63, 3.8) is 0 Å². The highest BCUT2D eigenvalue weighted by Crippen LogP contribution is 2.14. The Morgan fingerprint density at radius 2 is 2.39 bits per heavy atom. The van der Waals surface area contributed by atoms with E-state index >= 15 is 0 Å². The summed E-state index contributed by atoms with van der Waals surface area (Å²) in [4.78, 5) is 19.1. The summed E-state index contributed by atoms with van der Waals surface area (Å²) in [7, 11) is 0. The van der Waals surface area contributed by atoms with E-state index in [4.69, 9.17) is 9.84 Å². The molecule has 0 radical (unpaired) electrons. The molecule has 2 rings (SSSR count). The third-order valence-electron chi connectivity index (χ3n) is 2.49. The fourth-order valence-corrected chi connectivity index (χ4v) is 1.80. The van der Waals surface area contributed by atoms with Gasteiger partial charge in [0, 0.05) is 12.7 Å². The third-order valence-corrected chi connectivity index (χ3v) is 2.49. The van der Waals surface area contributed by atoms with Crippen molar-refractivity contribution in [1.82, 2.24) is 14.5 Å². The van der Waals surface area contributed by atoms with Crippen LogP contribution in [0.4, 0.5) is 0 Å². The summed E-state index contributed by atoms with van der Waals surface area (Å²) in [5, 5.41) is 8.54. The number of hydrogen-bond donors (Lipinski definition) is 1. The number of aliphatic carboxylic acids is 1. The lowest BCUT2D eigenvalue weighted by atomic mass is 10.4. The van der Waals surface area contributed by atoms with Crippen LogP contribution in [0.2, 0.25) is 0 Å². The van der Waals surface area contributed by atoms with Crippen LogP contribution in [0, 0.1) is 0 Å². The Labute approximate surface area is 104 Å². The summed E-state index contributed by atoms with van der Waals surface area (Å²) < 4.78 is 7.06. The molecule has 2 aromatic heterocycles. The third kappa shape index (κ3) is 2.65. The minimum atomic E-state index is -0.980. The first-order chi connectivity index (χ1) is 8.72. The number of carboxylic acid groups (broad SMARTS) is 1. The smallest absolute Gasteiger partial charge is 0.329 e. The van der Waals surface area contributed by atoms with Gasteiger partial charge in [0.05, 0.1) is 0 Å². The van der Waals surface area contributed by atoms with Gasteiger partial charge in [-0.1, -0.05) is 6.92 Å². The average Bonchev–Trinajstić information content (AvgIpc) is 2.68. The molecule has 1 N–H and O–H groups in total. The minimum Gasteiger partial charge on any atom is -0.480 e. The molecule has 0 atom stereocenters. The molecule has 2 heterocycles. The van der Waals surface area contributed by atoms with Gasteiger partial charge < -0.3 is 14.4 Å². The van der Waals surface area contributed by atoms with Crippen LogP contribution < -0.4 is 0 Å². The number of ether oxygens (including phenoxy) is 1. The number of imidazole rings is 1. The molecule has 18 heavy (non-hydrogen) atoms. The standard InChI is InChI=1S/C12H15N3O3/c1-2-6-15-10(7-18-8-11(16)17)14-9-4-3-5-13-12(9)15/h3-5H,2,6-8H2,1H3,(H,16,17). The van der Waals surface area contributed by atoms with E-state index in [1.165, 1.54) is 0 Å². The number of aryl methyl sites for hydroxylation is 1. The molecule has 0 fully saturated rings. The van der Waals surface area contributed by atoms with Gasteiger partial charge in [-0.25, -0.2) is 14.8 Å². The summed E-state index contributed by atoms with van der Waals surface area (Å²) in [6, 6.07) is 3.71. The van der Waals surface area contributed by atoms with Crippen LogP contribution in [0.1, 0.15) is 19.2 Å². The molecule has 2 aromatic rings. The van der Waals surface area contributed by atoms with E-state index in [2.05, 4.69) is 16.9 Å². The monoisotopic (exact) mass is 249 g/mol. The predicted molar refractivity (Wildman–Crippen MR) is 65.1 cm³/mol. The topological polar surface area (TPSA) is 77.2 Å². The van der Waals surface area contributed by atoms with Crippen molar-refractivity contribution in [2.75, 3.05) is 6.61 Å². The fraction of sp³-hybridized carbons (Fsp3) is 0.417. The lowest BCUT2D eigenvalue weighted by Crippen LogP contribution is -2.10. The second-order valence-electron chi connectivity index (χ2n) is 3.91. The molecule has 0 unspecified atom stereocenters. The van der Waals surface area contributed by atoms with Gasteiger partial charge in [-0.3, -0.25) is 0 Å². The van der Waals surface area contributed by atoms with Crippen LogP contribution in [0.15, 0.2) is 18.3 Å². The first kappa shape index (κ1) is 12.5. The molecule has 0 bridgehead atoms. The van der Waals surface area contributed by atoms with E-state index < -0.39 is 5.97 Å². The second kappa shape index (κ2) is 5.59. The summed E-state index contributed by atoms with van der Waals surface area (Å²) in [5.74, 6) is -0.266. The van der Waals surface area contributed by atoms with Crippen molar-refractivity contribution in [3.05, 3.63) is 24.2 Å². The number of rotatable bonds is 6. The number of pyridine rings is 1. The van der Waals surface area contributed by atoms with Crippen molar-refractivity contribution < 1.29 is 14.6 Å². The Bertz CT molecular complexity index is 550. The molecule has 6 nitrogen and oxygen atoms in total. The van der Waals surface area contributed by atoms with Gasteiger partial charge in [0.2, 0.25) is 0 Å². The largest absolute Gasteiger partial charge is 0.480 e. The minimum absolute atomic E-state index is 0.183. The molecule has 0 aliphatic heterocycles. The Morgan fingerprint density at radius 3 is 3.11 bits per heavy atom. The zero-order valence-corrected chi connectivity index (χ0v) is 10.2. The van der Waals surface area contributed by atoms with Crippen molar-refractivity contribution in [1.29, 1.82) is 0 Å². The summed E-state index contributed by atoms with van der Waals surface area (Å²) >= 11 is 0. The number of carbonyl (C=O) groups is 1. The van der Waals surface area contributed by atoms with Gasteiger partial charge in [0.1, 0.15) is 24.6 Å². The summed E-state index contributed by atoms with van der Waals surface area (Å²) in [5.41, 5.74) is 1.62. The lowest BCUT2D eigenvalue weighted by Gasteiger charge is -2.06. The number of aromatic nitrogens is 3. The molecule has 0 spiro atoms. The zero-order chi connectivity index (χ0) is 13.0. The SMILES string of the molecule is CCCn1c(COCC(=O)O)nc2cccnc21. The molecule has 0 aromatic carbocycles. The van der Waals surface area contributed by atoms with Gasteiger partial charge in [0.25, 0.3) is 0 Å². The summed E-state index contributed by atoms with van der Waals surface area (Å²) in [6.45, 7) is 2.72. The van der Waals surface area contributed by atoms with E-state index in [1.54, 1.807) is 6.20 Å². The highest BCUT2D eigenvalue weighted by molar-refractivity contribution is 5.71. The average molecular weight is 249 g/mol. The van der Waals surface area contributed by atoms with Crippen LogP contribution in [0.3, 0.4) is 0 Å². The van der Waals surface area contributed by atoms with Crippen molar-refractivity contribution in [2.45, 2.75) is 26.5 Å². The Kier molecular flexibility index (Phi) is 3.88. The molecule has 0 saturated heterocycles. The number of nitrogens with zero attached hydrogens (tertiary/aromatic N) is 3. The second-order valence-corrected chi connectivity index (χ2v) is 3.91. The maximum atomic E-state index is 10.4. The predicted octanol–water partition coefficient (Wildman–Crippen LogP) is 1.44. The molecule has 0 saturated carbocycles. The van der Waals surface area contributed by atoms with Crippen LogP contribution in [-0.4, -0.2) is 32.2 Å². The molecule has 96 valence electrons. The summed E-state index contributed by atoms with van der Waals surface area (Å²) in [6.07, 6.45) is 2.67. The number of fused-ring (bicyclic) bond motifs is 1. The fourth-order valence-electron chi connectivity index (χ4n) is 1.80. The maximum Gasteiger partial charge on any atom is 0.329 e. The van der Waals surface area contributed by atoms with E-state index in [0.717, 1.165) is 24.1 Å². The normalized spacial score (nSPS) is 10.9. The first-order valence-electron chi connectivity index (χ1n) is 5.82. The molecular formula is C12H15N3O3. The van der Waals surface area contributed by atoms with Gasteiger partial charge >= 0.3 is 5.97 Å². The van der Waals surface area contributed by atoms with Crippen LogP contribution in [0.5, 0.6) is 0 Å². The molecule has 6 heteroatoms. The van der Waals surface area contributed by atoms with Crippen LogP contribution in [0.25, 0.3) is 11.2 Å². The highest BCUT2D eigenvalue weighted by atomic mass is 16.5. The number of carboxylic acids is 1. The molecule has 0 aliphatic rings. The van der Waals surface area contributed by atoms with Gasteiger partial charge in [-0.05, 0) is 18.6 Å². The van der Waals surface area contributed by atoms with Crippen molar-refractivity contribution in [3.8, 4) is 0 Å². The quantitative estimate of drug-likeness (QED) is 0.838. The molecule has 0 aliphatic carbocycles. The maximum absolute atomic E-state index is 10.4. The molecule has 0 amide bonds. The number of hydrogen-bond acceptors (Lipinski definition) is 4. The highest BCUT2D eigenvalue weighted by Gasteiger charge is 2.11. The van der Waals surface area contributed by atoms with Gasteiger partial charge in [-0.15, -0.1) is 0 Å². The van der Waals surface area contributed by atoms with Crippen molar-refractivity contribution >= 4 is 17.1 Å². The van der Waals surface area contributed by atoms with Gasteiger partial charge in [0.15, 0.2) is 5.65 Å². The Hall–Kier alpha value is -1.95. The first-order valence-corrected chi connectivity index (χ1v) is 5.82. The van der Waals surface area contributed by atoms with Gasteiger partial charge in [-0.2, -0.15) is 0 Å². The van der Waals surface area contributed by atoms with E-state index in [9.17, 15) is 4.79 Å². The Balaban J connectivity index is 2.24. The van der Waals surface area contributed by atoms with E-state index in [0.29, 0.717) is 5.82 Å². The zero-order valence-electron chi connectivity index (χ0n) is 10.2. The Morgan fingerprint density at radius 1 is 1.56 bits per heavy atom. The van der Waals surface area contributed by atoms with Crippen LogP contribution in [-0.2, 0) is 22.7 Å².